The predicted octanol–water partition coefficient (Wildman–Crippen LogP) is 4.31. The van der Waals surface area contributed by atoms with Crippen LogP contribution >= 0.6 is 0 Å². The molecule has 1 N–H and O–H groups in total. The van der Waals surface area contributed by atoms with Crippen molar-refractivity contribution in [2.45, 2.75) is 0 Å². The fraction of sp³-hybridized carbons (Fsp3) is 0.0476. The second-order valence-electron chi connectivity index (χ2n) is 5.40. The molecule has 0 aliphatic rings. The molecule has 0 heterocycles. The summed E-state index contributed by atoms with van der Waals surface area (Å²) in [4.78, 5) is 23.2. The molecule has 3 aromatic carbocycles. The lowest BCUT2D eigenvalue weighted by Crippen LogP contribution is -2.20. The molecule has 0 saturated carbocycles. The first-order valence-electron chi connectivity index (χ1n) is 8.05. The molecule has 0 aromatic heterocycles. The molecule has 130 valence electrons. The molecular formula is C21H17NO4. The van der Waals surface area contributed by atoms with Gasteiger partial charge in [-0.15, -0.1) is 0 Å². The number of hydrogen-bond donors (Lipinski definition) is 1. The number of hydrogen-bond acceptors (Lipinski definition) is 4. The standard InChI is InChI=1S/C21H17NO4/c23-14-16-8-4-6-12-19(16)25-15-21(24)22-18-11-5-7-13-20(18)26-17-9-2-1-3-10-17/h1-14H,15H2,(H,22,24). The number of aldehydes is 1. The van der Waals surface area contributed by atoms with E-state index >= 15 is 0 Å². The van der Waals surface area contributed by atoms with Gasteiger partial charge in [-0.05, 0) is 36.4 Å². The van der Waals surface area contributed by atoms with Gasteiger partial charge in [0.1, 0.15) is 11.5 Å². The maximum atomic E-state index is 12.2. The van der Waals surface area contributed by atoms with Crippen LogP contribution in [0.15, 0.2) is 78.9 Å². The Kier molecular flexibility index (Phi) is 5.62. The van der Waals surface area contributed by atoms with Crippen molar-refractivity contribution in [3.8, 4) is 17.2 Å². The van der Waals surface area contributed by atoms with E-state index in [1.165, 1.54) is 0 Å². The number of benzene rings is 3. The number of carbonyl (C=O) groups is 2. The number of para-hydroxylation sites is 4. The van der Waals surface area contributed by atoms with E-state index in [2.05, 4.69) is 5.32 Å². The zero-order valence-corrected chi connectivity index (χ0v) is 13.9. The quantitative estimate of drug-likeness (QED) is 0.647. The van der Waals surface area contributed by atoms with Gasteiger partial charge in [0.15, 0.2) is 18.6 Å². The van der Waals surface area contributed by atoms with Crippen LogP contribution in [0.3, 0.4) is 0 Å². The summed E-state index contributed by atoms with van der Waals surface area (Å²) in [6.45, 7) is -0.218. The maximum absolute atomic E-state index is 12.2. The normalized spacial score (nSPS) is 10.0. The van der Waals surface area contributed by atoms with E-state index < -0.39 is 0 Å². The van der Waals surface area contributed by atoms with Crippen LogP contribution in [0.4, 0.5) is 5.69 Å². The molecule has 0 atom stereocenters. The molecule has 0 aliphatic carbocycles. The van der Waals surface area contributed by atoms with Crippen LogP contribution in [0.1, 0.15) is 10.4 Å². The Morgan fingerprint density at radius 2 is 1.50 bits per heavy atom. The highest BCUT2D eigenvalue weighted by Crippen LogP contribution is 2.29. The number of anilines is 1. The van der Waals surface area contributed by atoms with Crippen molar-refractivity contribution in [2.24, 2.45) is 0 Å². The minimum absolute atomic E-state index is 0.218. The molecule has 0 aliphatic heterocycles. The topological polar surface area (TPSA) is 64.6 Å². The van der Waals surface area contributed by atoms with Gasteiger partial charge in [-0.2, -0.15) is 0 Å². The summed E-state index contributed by atoms with van der Waals surface area (Å²) in [5.41, 5.74) is 0.932. The molecule has 0 bridgehead atoms. The highest BCUT2D eigenvalue weighted by atomic mass is 16.5. The van der Waals surface area contributed by atoms with Crippen molar-refractivity contribution in [1.29, 1.82) is 0 Å². The van der Waals surface area contributed by atoms with E-state index in [4.69, 9.17) is 9.47 Å². The van der Waals surface area contributed by atoms with Crippen molar-refractivity contribution in [3.05, 3.63) is 84.4 Å². The number of carbonyl (C=O) groups excluding carboxylic acids is 2. The van der Waals surface area contributed by atoms with Gasteiger partial charge in [-0.25, -0.2) is 0 Å². The zero-order valence-electron chi connectivity index (χ0n) is 13.9. The lowest BCUT2D eigenvalue weighted by molar-refractivity contribution is -0.118. The first kappa shape index (κ1) is 17.2. The fourth-order valence-electron chi connectivity index (χ4n) is 2.31. The van der Waals surface area contributed by atoms with Gasteiger partial charge < -0.3 is 14.8 Å². The van der Waals surface area contributed by atoms with Crippen molar-refractivity contribution in [3.63, 3.8) is 0 Å². The second-order valence-corrected chi connectivity index (χ2v) is 5.40. The molecule has 0 spiro atoms. The monoisotopic (exact) mass is 347 g/mol. The van der Waals surface area contributed by atoms with Crippen LogP contribution < -0.4 is 14.8 Å². The van der Waals surface area contributed by atoms with Crippen LogP contribution in [-0.4, -0.2) is 18.8 Å². The van der Waals surface area contributed by atoms with Gasteiger partial charge in [0, 0.05) is 0 Å². The van der Waals surface area contributed by atoms with Gasteiger partial charge in [-0.3, -0.25) is 9.59 Å². The van der Waals surface area contributed by atoms with E-state index in [1.807, 2.05) is 36.4 Å². The van der Waals surface area contributed by atoms with Gasteiger partial charge in [0.25, 0.3) is 5.91 Å². The smallest absolute Gasteiger partial charge is 0.262 e. The molecule has 0 fully saturated rings. The molecule has 3 aromatic rings. The van der Waals surface area contributed by atoms with Crippen LogP contribution in [0, 0.1) is 0 Å². The van der Waals surface area contributed by atoms with Crippen LogP contribution in [0.5, 0.6) is 17.2 Å². The molecule has 3 rings (SSSR count). The Labute approximate surface area is 151 Å². The van der Waals surface area contributed by atoms with Crippen LogP contribution in [0.2, 0.25) is 0 Å². The molecule has 0 saturated heterocycles. The summed E-state index contributed by atoms with van der Waals surface area (Å²) in [5, 5.41) is 2.76. The summed E-state index contributed by atoms with van der Waals surface area (Å²) in [7, 11) is 0. The van der Waals surface area contributed by atoms with Gasteiger partial charge in [-0.1, -0.05) is 42.5 Å². The average molecular weight is 347 g/mol. The Morgan fingerprint density at radius 3 is 2.27 bits per heavy atom. The Hall–Kier alpha value is -3.60. The van der Waals surface area contributed by atoms with E-state index in [0.29, 0.717) is 34.8 Å². The summed E-state index contributed by atoms with van der Waals surface area (Å²) in [5.74, 6) is 1.21. The number of ether oxygens (including phenoxy) is 2. The predicted molar refractivity (Wildman–Crippen MR) is 98.9 cm³/mol. The SMILES string of the molecule is O=Cc1ccccc1OCC(=O)Nc1ccccc1Oc1ccccc1. The minimum Gasteiger partial charge on any atom is -0.483 e. The summed E-state index contributed by atoms with van der Waals surface area (Å²) in [6.07, 6.45) is 0.691. The number of amides is 1. The number of nitrogens with one attached hydrogen (secondary N) is 1. The van der Waals surface area contributed by atoms with Gasteiger partial charge in [0.2, 0.25) is 0 Å². The van der Waals surface area contributed by atoms with Crippen LogP contribution in [0.25, 0.3) is 0 Å². The van der Waals surface area contributed by atoms with Gasteiger partial charge >= 0.3 is 0 Å². The minimum atomic E-state index is -0.352. The summed E-state index contributed by atoms with van der Waals surface area (Å²) >= 11 is 0. The Morgan fingerprint density at radius 1 is 0.846 bits per heavy atom. The van der Waals surface area contributed by atoms with Gasteiger partial charge in [0.05, 0.1) is 11.3 Å². The van der Waals surface area contributed by atoms with Crippen molar-refractivity contribution in [2.75, 3.05) is 11.9 Å². The highest BCUT2D eigenvalue weighted by Gasteiger charge is 2.10. The molecular weight excluding hydrogens is 330 g/mol. The number of rotatable bonds is 7. The van der Waals surface area contributed by atoms with Crippen molar-refractivity contribution >= 4 is 17.9 Å². The third-order valence-electron chi connectivity index (χ3n) is 3.54. The molecule has 5 heteroatoms. The first-order chi connectivity index (χ1) is 12.8. The Balaban J connectivity index is 1.65. The molecule has 0 radical (unpaired) electrons. The third-order valence-corrected chi connectivity index (χ3v) is 3.54. The first-order valence-corrected chi connectivity index (χ1v) is 8.05. The highest BCUT2D eigenvalue weighted by molar-refractivity contribution is 5.93. The molecule has 5 nitrogen and oxygen atoms in total. The molecule has 26 heavy (non-hydrogen) atoms. The van der Waals surface area contributed by atoms with E-state index in [9.17, 15) is 9.59 Å². The van der Waals surface area contributed by atoms with E-state index in [1.54, 1.807) is 42.5 Å². The summed E-state index contributed by atoms with van der Waals surface area (Å²) in [6, 6.07) is 23.2. The largest absolute Gasteiger partial charge is 0.483 e. The molecule has 1 amide bonds. The summed E-state index contributed by atoms with van der Waals surface area (Å²) < 4.78 is 11.2. The lowest BCUT2D eigenvalue weighted by atomic mass is 10.2. The Bertz CT molecular complexity index is 893. The fourth-order valence-corrected chi connectivity index (χ4v) is 2.31. The van der Waals surface area contributed by atoms with E-state index in [0.717, 1.165) is 0 Å². The average Bonchev–Trinajstić information content (AvgIpc) is 2.69. The lowest BCUT2D eigenvalue weighted by Gasteiger charge is -2.13. The second kappa shape index (κ2) is 8.48. The van der Waals surface area contributed by atoms with Crippen molar-refractivity contribution < 1.29 is 19.1 Å². The maximum Gasteiger partial charge on any atom is 0.262 e. The molecule has 0 unspecified atom stereocenters. The van der Waals surface area contributed by atoms with Crippen molar-refractivity contribution in [1.82, 2.24) is 0 Å². The van der Waals surface area contributed by atoms with Crippen LogP contribution in [-0.2, 0) is 4.79 Å². The zero-order chi connectivity index (χ0) is 18.2. The van der Waals surface area contributed by atoms with E-state index in [-0.39, 0.29) is 12.5 Å². The third kappa shape index (κ3) is 4.48.